The van der Waals surface area contributed by atoms with Gasteiger partial charge in [-0.3, -0.25) is 10.1 Å². The van der Waals surface area contributed by atoms with Gasteiger partial charge in [0.25, 0.3) is 5.69 Å². The molecule has 0 unspecified atom stereocenters. The zero-order chi connectivity index (χ0) is 12.1. The third-order valence-electron chi connectivity index (χ3n) is 2.35. The van der Waals surface area contributed by atoms with E-state index in [-0.39, 0.29) is 12.3 Å². The number of aliphatic hydroxyl groups is 1. The molecule has 0 saturated heterocycles. The molecule has 6 heteroatoms. The van der Waals surface area contributed by atoms with Crippen LogP contribution in [0.1, 0.15) is 0 Å². The van der Waals surface area contributed by atoms with Crippen molar-refractivity contribution in [1.82, 2.24) is 5.01 Å². The molecule has 1 aromatic rings. The molecule has 0 amide bonds. The molecule has 0 aliphatic heterocycles. The lowest BCUT2D eigenvalue weighted by Gasteiger charge is -2.29. The predicted octanol–water partition coefficient (Wildman–Crippen LogP) is 0.870. The van der Waals surface area contributed by atoms with Crippen LogP contribution in [0.2, 0.25) is 0 Å². The van der Waals surface area contributed by atoms with Gasteiger partial charge in [-0.1, -0.05) is 6.07 Å². The average Bonchev–Trinajstić information content (AvgIpc) is 2.28. The van der Waals surface area contributed by atoms with Gasteiger partial charge in [0.1, 0.15) is 0 Å². The third kappa shape index (κ3) is 2.91. The lowest BCUT2D eigenvalue weighted by Crippen LogP contribution is -2.38. The van der Waals surface area contributed by atoms with Crippen LogP contribution in [0.5, 0.6) is 0 Å². The van der Waals surface area contributed by atoms with Crippen LogP contribution in [-0.4, -0.2) is 42.3 Å². The van der Waals surface area contributed by atoms with Crippen molar-refractivity contribution in [3.63, 3.8) is 0 Å². The van der Waals surface area contributed by atoms with Crippen LogP contribution < -0.4 is 5.01 Å². The molecule has 0 aliphatic rings. The Balaban J connectivity index is 2.86. The SMILES string of the molecule is CN(CCO)N(C)c1cccc([N+](=O)[O-])c1. The maximum atomic E-state index is 10.6. The number of anilines is 1. The summed E-state index contributed by atoms with van der Waals surface area (Å²) in [7, 11) is 3.59. The quantitative estimate of drug-likeness (QED) is 0.594. The third-order valence-corrected chi connectivity index (χ3v) is 2.35. The van der Waals surface area contributed by atoms with E-state index in [0.29, 0.717) is 12.2 Å². The first-order valence-electron chi connectivity index (χ1n) is 4.86. The van der Waals surface area contributed by atoms with Gasteiger partial charge in [0.05, 0.1) is 17.2 Å². The highest BCUT2D eigenvalue weighted by Gasteiger charge is 2.11. The second-order valence-corrected chi connectivity index (χ2v) is 3.41. The summed E-state index contributed by atoms with van der Waals surface area (Å²) < 4.78 is 0. The minimum absolute atomic E-state index is 0.0375. The molecule has 88 valence electrons. The Hall–Kier alpha value is -1.66. The molecule has 0 bridgehead atoms. The van der Waals surface area contributed by atoms with Gasteiger partial charge in [0.15, 0.2) is 0 Å². The predicted molar refractivity (Wildman–Crippen MR) is 61.2 cm³/mol. The molecule has 0 spiro atoms. The van der Waals surface area contributed by atoms with Gasteiger partial charge in [0, 0.05) is 32.8 Å². The van der Waals surface area contributed by atoms with E-state index in [1.165, 1.54) is 12.1 Å². The number of nitro groups is 1. The molecule has 0 radical (unpaired) electrons. The molecule has 0 aliphatic carbocycles. The van der Waals surface area contributed by atoms with E-state index in [2.05, 4.69) is 0 Å². The van der Waals surface area contributed by atoms with Crippen molar-refractivity contribution in [3.8, 4) is 0 Å². The topological polar surface area (TPSA) is 69.8 Å². The zero-order valence-electron chi connectivity index (χ0n) is 9.33. The van der Waals surface area contributed by atoms with Crippen LogP contribution in [0.15, 0.2) is 24.3 Å². The fraction of sp³-hybridized carbons (Fsp3) is 0.400. The van der Waals surface area contributed by atoms with E-state index in [4.69, 9.17) is 5.11 Å². The summed E-state index contributed by atoms with van der Waals surface area (Å²) in [5.74, 6) is 0. The van der Waals surface area contributed by atoms with Gasteiger partial charge in [-0.2, -0.15) is 0 Å². The highest BCUT2D eigenvalue weighted by atomic mass is 16.6. The number of nitro benzene ring substituents is 1. The molecule has 1 N–H and O–H groups in total. The van der Waals surface area contributed by atoms with E-state index < -0.39 is 4.92 Å². The van der Waals surface area contributed by atoms with Crippen LogP contribution in [-0.2, 0) is 0 Å². The van der Waals surface area contributed by atoms with Gasteiger partial charge in [-0.15, -0.1) is 0 Å². The molecule has 1 aromatic carbocycles. The van der Waals surface area contributed by atoms with Crippen molar-refractivity contribution in [2.75, 3.05) is 32.3 Å². The summed E-state index contributed by atoms with van der Waals surface area (Å²) in [5.41, 5.74) is 0.770. The molecular weight excluding hydrogens is 210 g/mol. The summed E-state index contributed by atoms with van der Waals surface area (Å²) in [6, 6.07) is 6.36. The van der Waals surface area contributed by atoms with Gasteiger partial charge in [-0.25, -0.2) is 5.01 Å². The molecule has 0 atom stereocenters. The highest BCUT2D eigenvalue weighted by Crippen LogP contribution is 2.20. The fourth-order valence-corrected chi connectivity index (χ4v) is 1.30. The van der Waals surface area contributed by atoms with Crippen LogP contribution in [0.4, 0.5) is 11.4 Å². The van der Waals surface area contributed by atoms with E-state index in [1.807, 2.05) is 0 Å². The lowest BCUT2D eigenvalue weighted by molar-refractivity contribution is -0.384. The minimum atomic E-state index is -0.427. The van der Waals surface area contributed by atoms with E-state index in [0.717, 1.165) is 0 Å². The first-order chi connectivity index (χ1) is 7.56. The van der Waals surface area contributed by atoms with E-state index in [1.54, 1.807) is 36.2 Å². The van der Waals surface area contributed by atoms with Crippen molar-refractivity contribution in [1.29, 1.82) is 0 Å². The van der Waals surface area contributed by atoms with Crippen molar-refractivity contribution < 1.29 is 10.0 Å². The number of rotatable bonds is 5. The average molecular weight is 225 g/mol. The Morgan fingerprint density at radius 3 is 2.69 bits per heavy atom. The molecular formula is C10H15N3O3. The molecule has 0 fully saturated rings. The van der Waals surface area contributed by atoms with Gasteiger partial charge < -0.3 is 10.1 Å². The summed E-state index contributed by atoms with van der Waals surface area (Å²) in [4.78, 5) is 10.2. The first-order valence-corrected chi connectivity index (χ1v) is 4.86. The van der Waals surface area contributed by atoms with Crippen LogP contribution >= 0.6 is 0 Å². The number of hydrazine groups is 1. The van der Waals surface area contributed by atoms with Crippen LogP contribution in [0.25, 0.3) is 0 Å². The standard InChI is InChI=1S/C10H15N3O3/c1-11(6-7-14)12(2)9-4-3-5-10(8-9)13(15)16/h3-5,8,14H,6-7H2,1-2H3. The number of hydrogen-bond acceptors (Lipinski definition) is 5. The molecule has 6 nitrogen and oxygen atoms in total. The normalized spacial score (nSPS) is 10.5. The maximum absolute atomic E-state index is 10.6. The number of benzene rings is 1. The van der Waals surface area contributed by atoms with Gasteiger partial charge in [-0.05, 0) is 6.07 Å². The fourth-order valence-electron chi connectivity index (χ4n) is 1.30. The Morgan fingerprint density at radius 2 is 2.12 bits per heavy atom. The monoisotopic (exact) mass is 225 g/mol. The molecule has 0 aromatic heterocycles. The van der Waals surface area contributed by atoms with Gasteiger partial charge in [0.2, 0.25) is 0 Å². The van der Waals surface area contributed by atoms with Crippen LogP contribution in [0.3, 0.4) is 0 Å². The number of hydrogen-bond donors (Lipinski definition) is 1. The van der Waals surface area contributed by atoms with Crippen molar-refractivity contribution in [3.05, 3.63) is 34.4 Å². The number of aliphatic hydroxyl groups excluding tert-OH is 1. The Labute approximate surface area is 93.8 Å². The molecule has 0 heterocycles. The smallest absolute Gasteiger partial charge is 0.271 e. The van der Waals surface area contributed by atoms with Crippen molar-refractivity contribution in [2.45, 2.75) is 0 Å². The second-order valence-electron chi connectivity index (χ2n) is 3.41. The summed E-state index contributed by atoms with van der Waals surface area (Å²) in [6.07, 6.45) is 0. The first kappa shape index (κ1) is 12.4. The summed E-state index contributed by atoms with van der Waals surface area (Å²) in [6.45, 7) is 0.509. The second kappa shape index (κ2) is 5.43. The number of non-ortho nitro benzene ring substituents is 1. The number of nitrogens with zero attached hydrogens (tertiary/aromatic N) is 3. The van der Waals surface area contributed by atoms with E-state index >= 15 is 0 Å². The van der Waals surface area contributed by atoms with Crippen molar-refractivity contribution in [2.24, 2.45) is 0 Å². The maximum Gasteiger partial charge on any atom is 0.271 e. The van der Waals surface area contributed by atoms with E-state index in [9.17, 15) is 10.1 Å². The Morgan fingerprint density at radius 1 is 1.44 bits per heavy atom. The zero-order valence-corrected chi connectivity index (χ0v) is 9.33. The largest absolute Gasteiger partial charge is 0.395 e. The molecule has 1 rings (SSSR count). The van der Waals surface area contributed by atoms with Crippen molar-refractivity contribution >= 4 is 11.4 Å². The molecule has 16 heavy (non-hydrogen) atoms. The van der Waals surface area contributed by atoms with Gasteiger partial charge >= 0.3 is 0 Å². The Kier molecular flexibility index (Phi) is 4.21. The summed E-state index contributed by atoms with van der Waals surface area (Å²) in [5, 5.41) is 22.9. The molecule has 0 saturated carbocycles. The van der Waals surface area contributed by atoms with Crippen LogP contribution in [0, 0.1) is 10.1 Å². The Bertz CT molecular complexity index is 370. The highest BCUT2D eigenvalue weighted by molar-refractivity contribution is 5.51. The summed E-state index contributed by atoms with van der Waals surface area (Å²) >= 11 is 0. The number of likely N-dealkylation sites (N-methyl/N-ethyl adjacent to an activating group) is 1. The lowest BCUT2D eigenvalue weighted by atomic mass is 10.3. The minimum Gasteiger partial charge on any atom is -0.395 e.